The second-order valence-electron chi connectivity index (χ2n) is 6.89. The molecule has 1 aromatic carbocycles. The highest BCUT2D eigenvalue weighted by atomic mass is 32.2. The van der Waals surface area contributed by atoms with Gasteiger partial charge in [0.25, 0.3) is 0 Å². The van der Waals surface area contributed by atoms with Crippen molar-refractivity contribution in [3.8, 4) is 0 Å². The Balaban J connectivity index is 2.33. The Morgan fingerprint density at radius 2 is 1.89 bits per heavy atom. The van der Waals surface area contributed by atoms with Crippen LogP contribution in [-0.2, 0) is 16.4 Å². The maximum atomic E-state index is 13.4. The molecule has 0 bridgehead atoms. The van der Waals surface area contributed by atoms with Crippen LogP contribution in [-0.4, -0.2) is 48.3 Å². The van der Waals surface area contributed by atoms with Crippen LogP contribution in [0.3, 0.4) is 0 Å². The summed E-state index contributed by atoms with van der Waals surface area (Å²) in [6.45, 7) is 6.47. The molecule has 27 heavy (non-hydrogen) atoms. The number of aryl methyl sites for hydroxylation is 3. The Bertz CT molecular complexity index is 1120. The Morgan fingerprint density at radius 3 is 2.48 bits per heavy atom. The fourth-order valence-corrected chi connectivity index (χ4v) is 5.63. The average Bonchev–Trinajstić information content (AvgIpc) is 2.97. The lowest BCUT2D eigenvalue weighted by atomic mass is 10.1. The number of nitrogens with zero attached hydrogens (tertiary/aromatic N) is 4. The molecule has 3 rings (SSSR count). The monoisotopic (exact) mass is 404 g/mol. The van der Waals surface area contributed by atoms with Gasteiger partial charge in [0.15, 0.2) is 10.5 Å². The highest BCUT2D eigenvalue weighted by molar-refractivity contribution is 7.99. The van der Waals surface area contributed by atoms with E-state index in [1.165, 1.54) is 11.8 Å². The summed E-state index contributed by atoms with van der Waals surface area (Å²) in [7, 11) is 0.252. The van der Waals surface area contributed by atoms with E-state index in [-0.39, 0.29) is 9.79 Å². The zero-order chi connectivity index (χ0) is 19.9. The van der Waals surface area contributed by atoms with Gasteiger partial charge in [-0.25, -0.2) is 17.9 Å². The molecule has 0 unspecified atom stereocenters. The molecule has 0 amide bonds. The minimum atomic E-state index is -3.73. The maximum Gasteiger partial charge on any atom is 0.213 e. The molecule has 8 heteroatoms. The fraction of sp³-hybridized carbons (Fsp3) is 0.368. The molecule has 0 aliphatic heterocycles. The first-order chi connectivity index (χ1) is 12.7. The number of aromatic nitrogens is 3. The lowest BCUT2D eigenvalue weighted by molar-refractivity contribution is 0.398. The highest BCUT2D eigenvalue weighted by Gasteiger charge is 2.30. The number of thioether (sulfide) groups is 1. The van der Waals surface area contributed by atoms with Crippen molar-refractivity contribution >= 4 is 27.2 Å². The van der Waals surface area contributed by atoms with Gasteiger partial charge in [-0.3, -0.25) is 0 Å². The van der Waals surface area contributed by atoms with Crippen LogP contribution in [0.15, 0.2) is 39.1 Å². The van der Waals surface area contributed by atoms with E-state index >= 15 is 0 Å². The van der Waals surface area contributed by atoms with Gasteiger partial charge in [0.05, 0.1) is 4.90 Å². The van der Waals surface area contributed by atoms with E-state index in [1.54, 1.807) is 22.7 Å². The topological polar surface area (TPSA) is 67.6 Å². The summed E-state index contributed by atoms with van der Waals surface area (Å²) < 4.78 is 28.5. The molecule has 6 nitrogen and oxygen atoms in total. The van der Waals surface area contributed by atoms with E-state index in [0.29, 0.717) is 10.7 Å². The number of benzene rings is 1. The van der Waals surface area contributed by atoms with E-state index < -0.39 is 9.84 Å². The largest absolute Gasteiger partial charge is 0.305 e. The van der Waals surface area contributed by atoms with Gasteiger partial charge in [-0.15, -0.1) is 11.8 Å². The van der Waals surface area contributed by atoms with E-state index in [2.05, 4.69) is 15.0 Å². The summed E-state index contributed by atoms with van der Waals surface area (Å²) in [5.41, 5.74) is 4.07. The van der Waals surface area contributed by atoms with Crippen molar-refractivity contribution in [1.82, 2.24) is 19.5 Å². The molecule has 2 aromatic heterocycles. The molecule has 0 saturated carbocycles. The van der Waals surface area contributed by atoms with Crippen LogP contribution in [0.1, 0.15) is 22.5 Å². The Hall–Kier alpha value is -1.90. The van der Waals surface area contributed by atoms with Gasteiger partial charge in [0.1, 0.15) is 5.03 Å². The summed E-state index contributed by atoms with van der Waals surface area (Å²) in [4.78, 5) is 7.16. The van der Waals surface area contributed by atoms with Crippen molar-refractivity contribution in [3.63, 3.8) is 0 Å². The van der Waals surface area contributed by atoms with Gasteiger partial charge in [-0.05, 0) is 58.8 Å². The van der Waals surface area contributed by atoms with Gasteiger partial charge in [-0.2, -0.15) is 5.10 Å². The standard InChI is InChI=1S/C19H24N4O2S2/c1-12-8-7-9-15(10-12)27(24,25)17-18-20-13(2)16(11-22(4)5)14(3)23(18)21-19(17)26-6/h7-10H,11H2,1-6H3. The molecule has 0 aliphatic carbocycles. The first kappa shape index (κ1) is 19.9. The van der Waals surface area contributed by atoms with Gasteiger partial charge in [0, 0.05) is 23.5 Å². The first-order valence-electron chi connectivity index (χ1n) is 8.56. The molecule has 0 aliphatic rings. The Kier molecular flexibility index (Phi) is 5.33. The van der Waals surface area contributed by atoms with Crippen molar-refractivity contribution in [2.75, 3.05) is 20.4 Å². The third-order valence-corrected chi connectivity index (χ3v) is 7.08. The minimum Gasteiger partial charge on any atom is -0.305 e. The van der Waals surface area contributed by atoms with Gasteiger partial charge in [-0.1, -0.05) is 12.1 Å². The van der Waals surface area contributed by atoms with Crippen LogP contribution in [0.4, 0.5) is 0 Å². The Labute approximate surface area is 164 Å². The maximum absolute atomic E-state index is 13.4. The summed E-state index contributed by atoms with van der Waals surface area (Å²) in [5, 5.41) is 5.04. The van der Waals surface area contributed by atoms with Crippen LogP contribution in [0.2, 0.25) is 0 Å². The smallest absolute Gasteiger partial charge is 0.213 e. The van der Waals surface area contributed by atoms with Crippen molar-refractivity contribution in [3.05, 3.63) is 46.8 Å². The van der Waals surface area contributed by atoms with Crippen molar-refractivity contribution < 1.29 is 8.42 Å². The second kappa shape index (κ2) is 7.26. The zero-order valence-corrected chi connectivity index (χ0v) is 18.1. The fourth-order valence-electron chi connectivity index (χ4n) is 3.14. The van der Waals surface area contributed by atoms with Crippen LogP contribution in [0, 0.1) is 20.8 Å². The molecule has 0 atom stereocenters. The molecule has 0 fully saturated rings. The van der Waals surface area contributed by atoms with Crippen molar-refractivity contribution in [1.29, 1.82) is 0 Å². The van der Waals surface area contributed by atoms with Crippen molar-refractivity contribution in [2.24, 2.45) is 0 Å². The Morgan fingerprint density at radius 1 is 1.19 bits per heavy atom. The molecule has 144 valence electrons. The van der Waals surface area contributed by atoms with Crippen LogP contribution < -0.4 is 0 Å². The van der Waals surface area contributed by atoms with E-state index in [1.807, 2.05) is 47.2 Å². The number of hydrogen-bond donors (Lipinski definition) is 0. The molecule has 2 heterocycles. The van der Waals surface area contributed by atoms with E-state index in [0.717, 1.165) is 29.1 Å². The molecular weight excluding hydrogens is 380 g/mol. The lowest BCUT2D eigenvalue weighted by Crippen LogP contribution is -2.16. The number of fused-ring (bicyclic) bond motifs is 1. The highest BCUT2D eigenvalue weighted by Crippen LogP contribution is 2.33. The summed E-state index contributed by atoms with van der Waals surface area (Å²) in [6.07, 6.45) is 1.83. The third-order valence-electron chi connectivity index (χ3n) is 4.49. The molecule has 0 saturated heterocycles. The predicted molar refractivity (Wildman–Crippen MR) is 108 cm³/mol. The second-order valence-corrected chi connectivity index (χ2v) is 9.57. The molecule has 0 radical (unpaired) electrons. The summed E-state index contributed by atoms with van der Waals surface area (Å²) in [5.74, 6) is 0. The third kappa shape index (κ3) is 3.49. The van der Waals surface area contributed by atoms with Crippen molar-refractivity contribution in [2.45, 2.75) is 42.1 Å². The molecule has 0 spiro atoms. The number of hydrogen-bond acceptors (Lipinski definition) is 6. The summed E-state index contributed by atoms with van der Waals surface area (Å²) in [6, 6.07) is 6.94. The quantitative estimate of drug-likeness (QED) is 0.608. The molecule has 0 N–H and O–H groups in total. The van der Waals surface area contributed by atoms with Crippen LogP contribution in [0.5, 0.6) is 0 Å². The van der Waals surface area contributed by atoms with Gasteiger partial charge >= 0.3 is 0 Å². The van der Waals surface area contributed by atoms with E-state index in [4.69, 9.17) is 0 Å². The molecule has 3 aromatic rings. The predicted octanol–water partition coefficient (Wildman–Crippen LogP) is 3.27. The number of sulfone groups is 1. The zero-order valence-electron chi connectivity index (χ0n) is 16.4. The average molecular weight is 405 g/mol. The minimum absolute atomic E-state index is 0.184. The summed E-state index contributed by atoms with van der Waals surface area (Å²) >= 11 is 1.32. The van der Waals surface area contributed by atoms with Gasteiger partial charge in [0.2, 0.25) is 9.84 Å². The number of rotatable bonds is 5. The van der Waals surface area contributed by atoms with Crippen LogP contribution in [0.25, 0.3) is 5.65 Å². The first-order valence-corrected chi connectivity index (χ1v) is 11.3. The molecular formula is C19H24N4O2S2. The van der Waals surface area contributed by atoms with Crippen LogP contribution >= 0.6 is 11.8 Å². The van der Waals surface area contributed by atoms with Gasteiger partial charge < -0.3 is 4.90 Å². The lowest BCUT2D eigenvalue weighted by Gasteiger charge is -2.15. The SMILES string of the molecule is CSc1nn2c(C)c(CN(C)C)c(C)nc2c1S(=O)(=O)c1cccc(C)c1. The normalized spacial score (nSPS) is 12.3. The van der Waals surface area contributed by atoms with E-state index in [9.17, 15) is 8.42 Å².